The van der Waals surface area contributed by atoms with E-state index in [9.17, 15) is 5.26 Å². The summed E-state index contributed by atoms with van der Waals surface area (Å²) in [6, 6.07) is 20.5. The Hall–Kier alpha value is -5.40. The van der Waals surface area contributed by atoms with Gasteiger partial charge in [0.25, 0.3) is 0 Å². The van der Waals surface area contributed by atoms with Crippen LogP contribution in [0.3, 0.4) is 0 Å². The van der Waals surface area contributed by atoms with Crippen molar-refractivity contribution in [2.24, 2.45) is 15.6 Å². The second-order valence-corrected chi connectivity index (χ2v) is 14.6. The maximum Gasteiger partial charge on any atom is 0.189 e. The van der Waals surface area contributed by atoms with Gasteiger partial charge in [0.15, 0.2) is 16.8 Å². The molecule has 9 nitrogen and oxygen atoms in total. The fourth-order valence-electron chi connectivity index (χ4n) is 5.81. The third kappa shape index (κ3) is 7.85. The molecule has 0 saturated heterocycles. The van der Waals surface area contributed by atoms with E-state index in [0.29, 0.717) is 22.5 Å². The Labute approximate surface area is 292 Å². The molecule has 4 N–H and O–H groups in total. The standard InChI is InChI=1S/C39H43N9S/c1-21-15-23(3)32(24(4)16-21)43-31-19-27(7)34(37(44-31)45-33-25(5)17-22(2)18-26(33)6)47-48-36(28(20-40)35(41)39(8,9)10)46-38-42-29-13-11-12-14-30(29)49-38/h11-19,41H,1-10H3,(H,42,46)(H2,43,44,45)/b36-28+,41-35?,48-47?. The molecule has 250 valence electrons. The van der Waals surface area contributed by atoms with Crippen LogP contribution >= 0.6 is 11.3 Å². The normalized spacial score (nSPS) is 12.2. The van der Waals surface area contributed by atoms with Crippen LogP contribution in [0, 0.1) is 70.6 Å². The number of aromatic nitrogens is 2. The van der Waals surface area contributed by atoms with Gasteiger partial charge in [-0.05, 0) is 94.5 Å². The van der Waals surface area contributed by atoms with Gasteiger partial charge in [-0.2, -0.15) is 5.26 Å². The molecule has 0 unspecified atom stereocenters. The van der Waals surface area contributed by atoms with Crippen LogP contribution in [0.25, 0.3) is 10.2 Å². The van der Waals surface area contributed by atoms with Gasteiger partial charge in [0, 0.05) is 16.8 Å². The number of anilines is 5. The first-order valence-corrected chi connectivity index (χ1v) is 17.0. The van der Waals surface area contributed by atoms with Crippen molar-refractivity contribution in [1.82, 2.24) is 9.97 Å². The topological polar surface area (TPSA) is 134 Å². The third-order valence-corrected chi connectivity index (χ3v) is 9.10. The molecule has 0 saturated carbocycles. The van der Waals surface area contributed by atoms with Crippen molar-refractivity contribution in [3.8, 4) is 6.07 Å². The molecule has 0 atom stereocenters. The predicted molar refractivity (Wildman–Crippen MR) is 204 cm³/mol. The lowest BCUT2D eigenvalue weighted by atomic mass is 9.86. The van der Waals surface area contributed by atoms with E-state index < -0.39 is 5.41 Å². The van der Waals surface area contributed by atoms with E-state index in [1.54, 1.807) is 0 Å². The average molecular weight is 670 g/mol. The number of hydrogen-bond acceptors (Lipinski definition) is 10. The number of nitrogens with zero attached hydrogens (tertiary/aromatic N) is 5. The van der Waals surface area contributed by atoms with Gasteiger partial charge in [0.1, 0.15) is 23.1 Å². The van der Waals surface area contributed by atoms with Crippen LogP contribution in [-0.2, 0) is 0 Å². The number of nitriles is 1. The monoisotopic (exact) mass is 669 g/mol. The molecule has 0 radical (unpaired) electrons. The van der Waals surface area contributed by atoms with Gasteiger partial charge >= 0.3 is 0 Å². The molecule has 2 heterocycles. The largest absolute Gasteiger partial charge is 0.340 e. The molecular formula is C39H43N9S. The van der Waals surface area contributed by atoms with Crippen LogP contribution in [0.1, 0.15) is 59.7 Å². The highest BCUT2D eigenvalue weighted by Gasteiger charge is 2.25. The number of aryl methyl sites for hydroxylation is 7. The minimum Gasteiger partial charge on any atom is -0.340 e. The highest BCUT2D eigenvalue weighted by molar-refractivity contribution is 7.22. The summed E-state index contributed by atoms with van der Waals surface area (Å²) in [4.78, 5) is 9.73. The van der Waals surface area contributed by atoms with E-state index in [4.69, 9.17) is 20.5 Å². The summed E-state index contributed by atoms with van der Waals surface area (Å²) in [7, 11) is 0. The smallest absolute Gasteiger partial charge is 0.189 e. The highest BCUT2D eigenvalue weighted by atomic mass is 32.1. The maximum atomic E-state index is 10.3. The number of azo groups is 1. The molecule has 0 bridgehead atoms. The lowest BCUT2D eigenvalue weighted by Crippen LogP contribution is -2.23. The summed E-state index contributed by atoms with van der Waals surface area (Å²) in [5.74, 6) is 1.31. The first-order chi connectivity index (χ1) is 23.1. The Morgan fingerprint density at radius 2 is 1.37 bits per heavy atom. The molecular weight excluding hydrogens is 627 g/mol. The fourth-order valence-corrected chi connectivity index (χ4v) is 6.68. The van der Waals surface area contributed by atoms with Crippen LogP contribution in [-0.4, -0.2) is 15.7 Å². The molecule has 0 spiro atoms. The van der Waals surface area contributed by atoms with Crippen molar-refractivity contribution in [2.45, 2.75) is 69.2 Å². The van der Waals surface area contributed by atoms with Gasteiger partial charge < -0.3 is 21.4 Å². The minimum atomic E-state index is -0.606. The van der Waals surface area contributed by atoms with Crippen LogP contribution in [0.4, 0.5) is 33.8 Å². The van der Waals surface area contributed by atoms with Crippen LogP contribution in [0.2, 0.25) is 0 Å². The van der Waals surface area contributed by atoms with E-state index in [1.807, 2.05) is 58.0 Å². The fraction of sp³-hybridized carbons (Fsp3) is 0.282. The van der Waals surface area contributed by atoms with Crippen LogP contribution in [0.15, 0.2) is 76.2 Å². The van der Waals surface area contributed by atoms with Gasteiger partial charge in [-0.3, -0.25) is 0 Å². The average Bonchev–Trinajstić information content (AvgIpc) is 3.42. The van der Waals surface area contributed by atoms with E-state index in [2.05, 4.69) is 92.9 Å². The Kier molecular flexibility index (Phi) is 9.97. The second-order valence-electron chi connectivity index (χ2n) is 13.6. The predicted octanol–water partition coefficient (Wildman–Crippen LogP) is 11.3. The number of thiazole rings is 1. The van der Waals surface area contributed by atoms with Gasteiger partial charge in [-0.25, -0.2) is 9.97 Å². The molecule has 0 aliphatic heterocycles. The van der Waals surface area contributed by atoms with E-state index in [-0.39, 0.29) is 17.1 Å². The van der Waals surface area contributed by atoms with Gasteiger partial charge in [0.2, 0.25) is 0 Å². The molecule has 5 rings (SSSR count). The minimum absolute atomic E-state index is 0.0875. The number of allylic oxidation sites excluding steroid dienone is 1. The van der Waals surface area contributed by atoms with Gasteiger partial charge in [0.05, 0.1) is 15.9 Å². The molecule has 10 heteroatoms. The van der Waals surface area contributed by atoms with Gasteiger partial charge in [-0.1, -0.05) is 79.6 Å². The number of benzene rings is 3. The summed E-state index contributed by atoms with van der Waals surface area (Å²) < 4.78 is 0.989. The van der Waals surface area contributed by atoms with Gasteiger partial charge in [-0.15, -0.1) is 10.2 Å². The Morgan fingerprint density at radius 1 is 0.796 bits per heavy atom. The molecule has 0 fully saturated rings. The van der Waals surface area contributed by atoms with Crippen molar-refractivity contribution in [3.05, 3.63) is 105 Å². The summed E-state index contributed by atoms with van der Waals surface area (Å²) in [5.41, 5.74) is 10.5. The quantitative estimate of drug-likeness (QED) is 0.0701. The van der Waals surface area contributed by atoms with Crippen molar-refractivity contribution < 1.29 is 0 Å². The molecule has 0 amide bonds. The summed E-state index contributed by atoms with van der Waals surface area (Å²) in [5, 5.41) is 39.5. The third-order valence-electron chi connectivity index (χ3n) is 8.15. The zero-order valence-corrected chi connectivity index (χ0v) is 30.7. The summed E-state index contributed by atoms with van der Waals surface area (Å²) >= 11 is 1.44. The highest BCUT2D eigenvalue weighted by Crippen LogP contribution is 2.37. The lowest BCUT2D eigenvalue weighted by molar-refractivity contribution is 0.588. The number of para-hydroxylation sites is 1. The molecule has 5 aromatic rings. The van der Waals surface area contributed by atoms with Crippen molar-refractivity contribution >= 4 is 61.1 Å². The molecule has 0 aliphatic carbocycles. The Bertz CT molecular complexity index is 2110. The molecule has 3 aromatic carbocycles. The zero-order valence-electron chi connectivity index (χ0n) is 29.8. The lowest BCUT2D eigenvalue weighted by Gasteiger charge is -2.20. The summed E-state index contributed by atoms with van der Waals surface area (Å²) in [6.07, 6.45) is 0. The number of fused-ring (bicyclic) bond motifs is 1. The number of nitrogens with one attached hydrogen (secondary N) is 4. The summed E-state index contributed by atoms with van der Waals surface area (Å²) in [6.45, 7) is 20.1. The number of pyridine rings is 1. The van der Waals surface area contributed by atoms with E-state index in [0.717, 1.165) is 49.4 Å². The molecule has 49 heavy (non-hydrogen) atoms. The number of rotatable bonds is 9. The Morgan fingerprint density at radius 3 is 1.92 bits per heavy atom. The van der Waals surface area contributed by atoms with Crippen molar-refractivity contribution in [1.29, 1.82) is 10.7 Å². The molecule has 0 aliphatic rings. The first kappa shape index (κ1) is 34.9. The molecule has 2 aromatic heterocycles. The zero-order chi connectivity index (χ0) is 35.6. The van der Waals surface area contributed by atoms with E-state index >= 15 is 0 Å². The Balaban J connectivity index is 1.66. The van der Waals surface area contributed by atoms with Crippen molar-refractivity contribution in [2.75, 3.05) is 16.0 Å². The van der Waals surface area contributed by atoms with E-state index in [1.165, 1.54) is 22.5 Å². The van der Waals surface area contributed by atoms with Crippen LogP contribution < -0.4 is 16.0 Å². The SMILES string of the molecule is Cc1cc(C)c(Nc2cc(C)c(N=N/C(Nc3nc4ccccc4s3)=C(\C#N)C(=N)C(C)(C)C)c(Nc3c(C)cc(C)cc3C)n2)c(C)c1. The second kappa shape index (κ2) is 14.0. The maximum absolute atomic E-state index is 10.3. The van der Waals surface area contributed by atoms with Crippen molar-refractivity contribution in [3.63, 3.8) is 0 Å². The number of hydrogen-bond donors (Lipinski definition) is 4. The van der Waals surface area contributed by atoms with Crippen LogP contribution in [0.5, 0.6) is 0 Å². The first-order valence-electron chi connectivity index (χ1n) is 16.1.